The summed E-state index contributed by atoms with van der Waals surface area (Å²) < 4.78 is 11.2. The van der Waals surface area contributed by atoms with Gasteiger partial charge in [-0.05, 0) is 42.0 Å². The number of hydrogen-bond donors (Lipinski definition) is 1. The lowest BCUT2D eigenvalue weighted by molar-refractivity contribution is -0.136. The van der Waals surface area contributed by atoms with Crippen molar-refractivity contribution < 1.29 is 24.2 Å². The summed E-state index contributed by atoms with van der Waals surface area (Å²) in [6.45, 7) is 0.293. The van der Waals surface area contributed by atoms with Gasteiger partial charge in [-0.3, -0.25) is 9.59 Å². The zero-order valence-corrected chi connectivity index (χ0v) is 19.3. The molecule has 0 aliphatic carbocycles. The van der Waals surface area contributed by atoms with Crippen LogP contribution in [0.3, 0.4) is 0 Å². The van der Waals surface area contributed by atoms with Crippen molar-refractivity contribution in [2.45, 2.75) is 18.6 Å². The van der Waals surface area contributed by atoms with Gasteiger partial charge in [0.15, 0.2) is 22.9 Å². The molecule has 0 unspecified atom stereocenters. The van der Waals surface area contributed by atoms with Gasteiger partial charge in [0, 0.05) is 15.6 Å². The largest absolute Gasteiger partial charge is 0.493 e. The quantitative estimate of drug-likeness (QED) is 0.489. The van der Waals surface area contributed by atoms with E-state index in [1.165, 1.54) is 19.1 Å². The van der Waals surface area contributed by atoms with E-state index in [-0.39, 0.29) is 5.78 Å². The number of aliphatic hydroxyl groups is 1. The number of benzene rings is 3. The predicted octanol–water partition coefficient (Wildman–Crippen LogP) is 4.47. The minimum atomic E-state index is -1.97. The van der Waals surface area contributed by atoms with Gasteiger partial charge in [0.25, 0.3) is 5.91 Å². The average Bonchev–Trinajstić information content (AvgIpc) is 3.00. The second kappa shape index (κ2) is 8.76. The third-order valence-electron chi connectivity index (χ3n) is 5.60. The van der Waals surface area contributed by atoms with Crippen molar-refractivity contribution in [2.24, 2.45) is 0 Å². The summed E-state index contributed by atoms with van der Waals surface area (Å²) in [5.74, 6) is -0.0162. The van der Waals surface area contributed by atoms with E-state index in [0.717, 1.165) is 5.56 Å². The molecular weight excluding hydrogens is 474 g/mol. The van der Waals surface area contributed by atoms with Gasteiger partial charge in [0.1, 0.15) is 0 Å². The molecule has 4 rings (SSSR count). The van der Waals surface area contributed by atoms with E-state index < -0.39 is 17.9 Å². The maximum atomic E-state index is 13.5. The highest BCUT2D eigenvalue weighted by molar-refractivity contribution is 9.10. The molecule has 0 spiro atoms. The summed E-state index contributed by atoms with van der Waals surface area (Å²) in [4.78, 5) is 28.1. The van der Waals surface area contributed by atoms with Crippen molar-refractivity contribution in [3.63, 3.8) is 0 Å². The number of ketones is 1. The fraction of sp³-hybridized carbons (Fsp3) is 0.200. The van der Waals surface area contributed by atoms with Crippen LogP contribution in [0.4, 0.5) is 5.69 Å². The molecule has 1 aliphatic rings. The van der Waals surface area contributed by atoms with Crippen molar-refractivity contribution in [1.82, 2.24) is 0 Å². The summed E-state index contributed by atoms with van der Waals surface area (Å²) in [6.07, 6.45) is -0.393. The van der Waals surface area contributed by atoms with Crippen molar-refractivity contribution in [3.05, 3.63) is 87.9 Å². The Kier molecular flexibility index (Phi) is 6.04. The predicted molar refractivity (Wildman–Crippen MR) is 124 cm³/mol. The summed E-state index contributed by atoms with van der Waals surface area (Å²) in [5, 5.41) is 11.6. The highest BCUT2D eigenvalue weighted by atomic mass is 79.9. The lowest BCUT2D eigenvalue weighted by Crippen LogP contribution is -2.41. The molecule has 1 aliphatic heterocycles. The standard InChI is InChI=1S/C25H22BrNO5/c1-31-22-11-8-17(12-23(22)32-2)21(28)14-25(30)19-13-18(26)9-10-20(19)27(24(25)29)15-16-6-4-3-5-7-16/h3-13,30H,14-15H2,1-2H3/t25-/m0/s1. The van der Waals surface area contributed by atoms with Crippen LogP contribution in [-0.2, 0) is 16.9 Å². The number of nitrogens with zero attached hydrogens (tertiary/aromatic N) is 1. The molecule has 3 aromatic rings. The molecule has 164 valence electrons. The van der Waals surface area contributed by atoms with Crippen molar-refractivity contribution in [3.8, 4) is 11.5 Å². The lowest BCUT2D eigenvalue weighted by Gasteiger charge is -2.23. The Balaban J connectivity index is 1.69. The number of hydrogen-bond acceptors (Lipinski definition) is 5. The van der Waals surface area contributed by atoms with E-state index in [1.807, 2.05) is 36.4 Å². The molecule has 1 atom stereocenters. The number of methoxy groups -OCH3 is 2. The summed E-state index contributed by atoms with van der Waals surface area (Å²) in [6, 6.07) is 19.6. The highest BCUT2D eigenvalue weighted by Crippen LogP contribution is 2.45. The number of Topliss-reactive ketones (excluding diaryl/α,β-unsaturated/α-hetero) is 1. The molecule has 0 fully saturated rings. The van der Waals surface area contributed by atoms with Crippen LogP contribution in [0.15, 0.2) is 71.2 Å². The summed E-state index contributed by atoms with van der Waals surface area (Å²) >= 11 is 3.41. The van der Waals surface area contributed by atoms with E-state index in [1.54, 1.807) is 30.3 Å². The van der Waals surface area contributed by atoms with Crippen LogP contribution in [0.5, 0.6) is 11.5 Å². The smallest absolute Gasteiger partial charge is 0.264 e. The number of fused-ring (bicyclic) bond motifs is 1. The SMILES string of the molecule is COc1ccc(C(=O)C[C@@]2(O)C(=O)N(Cc3ccccc3)c3ccc(Br)cc32)cc1OC. The molecule has 3 aromatic carbocycles. The van der Waals surface area contributed by atoms with E-state index in [9.17, 15) is 14.7 Å². The Labute approximate surface area is 194 Å². The maximum Gasteiger partial charge on any atom is 0.264 e. The second-order valence-corrected chi connectivity index (χ2v) is 8.48. The van der Waals surface area contributed by atoms with E-state index in [0.29, 0.717) is 39.3 Å². The normalized spacial score (nSPS) is 17.2. The first-order valence-electron chi connectivity index (χ1n) is 10.0. The minimum Gasteiger partial charge on any atom is -0.493 e. The Morgan fingerprint density at radius 3 is 2.41 bits per heavy atom. The Hall–Kier alpha value is -3.16. The number of carbonyl (C=O) groups excluding carboxylic acids is 2. The van der Waals surface area contributed by atoms with E-state index >= 15 is 0 Å². The van der Waals surface area contributed by atoms with Gasteiger partial charge in [0.05, 0.1) is 32.9 Å². The first-order valence-corrected chi connectivity index (χ1v) is 10.8. The van der Waals surface area contributed by atoms with Crippen LogP contribution >= 0.6 is 15.9 Å². The molecule has 1 amide bonds. The van der Waals surface area contributed by atoms with Gasteiger partial charge in [0.2, 0.25) is 0 Å². The number of amides is 1. The van der Waals surface area contributed by atoms with Gasteiger partial charge in [-0.1, -0.05) is 46.3 Å². The van der Waals surface area contributed by atoms with Crippen molar-refractivity contribution in [1.29, 1.82) is 0 Å². The minimum absolute atomic E-state index is 0.293. The van der Waals surface area contributed by atoms with Crippen LogP contribution in [0.25, 0.3) is 0 Å². The summed E-state index contributed by atoms with van der Waals surface area (Å²) in [7, 11) is 2.99. The second-order valence-electron chi connectivity index (χ2n) is 7.57. The number of rotatable bonds is 7. The fourth-order valence-electron chi connectivity index (χ4n) is 3.96. The Morgan fingerprint density at radius 2 is 1.72 bits per heavy atom. The molecule has 0 saturated heterocycles. The van der Waals surface area contributed by atoms with Crippen LogP contribution in [0, 0.1) is 0 Å². The van der Waals surface area contributed by atoms with Gasteiger partial charge >= 0.3 is 0 Å². The molecular formula is C25H22BrNO5. The number of halogens is 1. The maximum absolute atomic E-state index is 13.5. The first kappa shape index (κ1) is 22.0. The third kappa shape index (κ3) is 3.89. The zero-order valence-electron chi connectivity index (χ0n) is 17.7. The summed E-state index contributed by atoms with van der Waals surface area (Å²) in [5.41, 5.74) is 0.261. The number of ether oxygens (including phenoxy) is 2. The third-order valence-corrected chi connectivity index (χ3v) is 6.09. The Bertz CT molecular complexity index is 1180. The molecule has 0 aromatic heterocycles. The molecule has 0 bridgehead atoms. The monoisotopic (exact) mass is 495 g/mol. The Morgan fingerprint density at radius 1 is 1.00 bits per heavy atom. The van der Waals surface area contributed by atoms with Crippen LogP contribution in [0.1, 0.15) is 27.9 Å². The molecule has 0 saturated carbocycles. The lowest BCUT2D eigenvalue weighted by atomic mass is 9.88. The van der Waals surface area contributed by atoms with Gasteiger partial charge in [-0.15, -0.1) is 0 Å². The van der Waals surface area contributed by atoms with Crippen LogP contribution < -0.4 is 14.4 Å². The first-order chi connectivity index (χ1) is 15.4. The van der Waals surface area contributed by atoms with Crippen LogP contribution in [-0.4, -0.2) is 31.0 Å². The zero-order chi connectivity index (χ0) is 22.9. The molecule has 1 N–H and O–H groups in total. The molecule has 0 radical (unpaired) electrons. The van der Waals surface area contributed by atoms with E-state index in [2.05, 4.69) is 15.9 Å². The average molecular weight is 496 g/mol. The van der Waals surface area contributed by atoms with Gasteiger partial charge in [-0.2, -0.15) is 0 Å². The highest BCUT2D eigenvalue weighted by Gasteiger charge is 2.51. The van der Waals surface area contributed by atoms with Gasteiger partial charge < -0.3 is 19.5 Å². The van der Waals surface area contributed by atoms with Gasteiger partial charge in [-0.25, -0.2) is 0 Å². The molecule has 6 nitrogen and oxygen atoms in total. The number of carbonyl (C=O) groups is 2. The molecule has 1 heterocycles. The van der Waals surface area contributed by atoms with Crippen molar-refractivity contribution >= 4 is 33.3 Å². The van der Waals surface area contributed by atoms with E-state index in [4.69, 9.17) is 9.47 Å². The molecule has 7 heteroatoms. The fourth-order valence-corrected chi connectivity index (χ4v) is 4.32. The topological polar surface area (TPSA) is 76.1 Å². The van der Waals surface area contributed by atoms with Crippen LogP contribution in [0.2, 0.25) is 0 Å². The number of anilines is 1. The van der Waals surface area contributed by atoms with Crippen molar-refractivity contribution in [2.75, 3.05) is 19.1 Å². The molecule has 32 heavy (non-hydrogen) atoms.